The molecular formula is C16H30N2. The van der Waals surface area contributed by atoms with E-state index in [1.165, 1.54) is 70.9 Å². The van der Waals surface area contributed by atoms with Crippen molar-refractivity contribution < 1.29 is 0 Å². The first kappa shape index (κ1) is 12.9. The van der Waals surface area contributed by atoms with Crippen molar-refractivity contribution in [3.63, 3.8) is 0 Å². The summed E-state index contributed by atoms with van der Waals surface area (Å²) in [6.45, 7) is 5.13. The summed E-state index contributed by atoms with van der Waals surface area (Å²) < 4.78 is 0. The molecular weight excluding hydrogens is 220 g/mol. The van der Waals surface area contributed by atoms with Crippen LogP contribution >= 0.6 is 0 Å². The Morgan fingerprint density at radius 2 is 1.50 bits per heavy atom. The summed E-state index contributed by atoms with van der Waals surface area (Å²) in [6, 6.07) is 2.53. The Morgan fingerprint density at radius 3 is 2.22 bits per heavy atom. The van der Waals surface area contributed by atoms with E-state index in [-0.39, 0.29) is 0 Å². The maximum Gasteiger partial charge on any atom is 0.0200 e. The lowest BCUT2D eigenvalue weighted by atomic mass is 9.93. The molecule has 104 valence electrons. The summed E-state index contributed by atoms with van der Waals surface area (Å²) in [4.78, 5) is 2.81. The van der Waals surface area contributed by atoms with E-state index in [0.29, 0.717) is 0 Å². The van der Waals surface area contributed by atoms with Gasteiger partial charge < -0.3 is 5.32 Å². The molecule has 1 saturated heterocycles. The smallest absolute Gasteiger partial charge is 0.0200 e. The molecule has 3 fully saturated rings. The minimum absolute atomic E-state index is 0.775. The van der Waals surface area contributed by atoms with E-state index < -0.39 is 0 Å². The molecule has 18 heavy (non-hydrogen) atoms. The molecule has 0 aromatic heterocycles. The molecule has 2 heteroatoms. The van der Waals surface area contributed by atoms with E-state index in [9.17, 15) is 0 Å². The third-order valence-electron chi connectivity index (χ3n) is 5.36. The fraction of sp³-hybridized carbons (Fsp3) is 1.00. The van der Waals surface area contributed by atoms with Crippen molar-refractivity contribution >= 4 is 0 Å². The monoisotopic (exact) mass is 250 g/mol. The zero-order chi connectivity index (χ0) is 12.4. The number of nitrogens with zero attached hydrogens (tertiary/aromatic N) is 1. The van der Waals surface area contributed by atoms with Gasteiger partial charge in [-0.25, -0.2) is 0 Å². The molecule has 1 heterocycles. The second-order valence-corrected chi connectivity index (χ2v) is 7.08. The van der Waals surface area contributed by atoms with Crippen molar-refractivity contribution in [2.24, 2.45) is 5.92 Å². The van der Waals surface area contributed by atoms with Crippen LogP contribution in [0.4, 0.5) is 0 Å². The number of hydrogen-bond acceptors (Lipinski definition) is 2. The Labute approximate surface area is 113 Å². The summed E-state index contributed by atoms with van der Waals surface area (Å²) >= 11 is 0. The number of nitrogens with one attached hydrogen (secondary N) is 1. The van der Waals surface area contributed by atoms with Gasteiger partial charge in [0.1, 0.15) is 0 Å². The molecule has 0 aromatic rings. The Morgan fingerprint density at radius 1 is 0.833 bits per heavy atom. The van der Waals surface area contributed by atoms with E-state index in [4.69, 9.17) is 0 Å². The predicted octanol–water partition coefficient (Wildman–Crippen LogP) is 3.17. The van der Waals surface area contributed by atoms with Crippen LogP contribution in [0, 0.1) is 5.92 Å². The fourth-order valence-electron chi connectivity index (χ4n) is 4.51. The highest BCUT2D eigenvalue weighted by molar-refractivity contribution is 4.89. The van der Waals surface area contributed by atoms with Crippen LogP contribution in [0.1, 0.15) is 64.7 Å². The van der Waals surface area contributed by atoms with Crippen LogP contribution in [-0.2, 0) is 0 Å². The molecule has 3 rings (SSSR count). The zero-order valence-electron chi connectivity index (χ0n) is 12.0. The van der Waals surface area contributed by atoms with E-state index in [2.05, 4.69) is 17.1 Å². The Hall–Kier alpha value is -0.0800. The van der Waals surface area contributed by atoms with Crippen LogP contribution in [0.15, 0.2) is 0 Å². The van der Waals surface area contributed by atoms with Crippen molar-refractivity contribution in [1.82, 2.24) is 10.2 Å². The quantitative estimate of drug-likeness (QED) is 0.827. The van der Waals surface area contributed by atoms with Gasteiger partial charge >= 0.3 is 0 Å². The van der Waals surface area contributed by atoms with Gasteiger partial charge in [0.05, 0.1) is 0 Å². The third kappa shape index (κ3) is 3.08. The van der Waals surface area contributed by atoms with Gasteiger partial charge in [0.15, 0.2) is 0 Å². The molecule has 0 radical (unpaired) electrons. The SMILES string of the molecule is CC1CC(NC2CCCC2)CN(C2CCCC2)C1. The van der Waals surface area contributed by atoms with Crippen LogP contribution < -0.4 is 5.32 Å². The molecule has 0 aromatic carbocycles. The Balaban J connectivity index is 1.53. The lowest BCUT2D eigenvalue weighted by Crippen LogP contribution is -2.53. The molecule has 1 aliphatic heterocycles. The fourth-order valence-corrected chi connectivity index (χ4v) is 4.51. The lowest BCUT2D eigenvalue weighted by molar-refractivity contribution is 0.101. The standard InChI is InChI=1S/C16H30N2/c1-13-10-15(17-14-6-2-3-7-14)12-18(11-13)16-8-4-5-9-16/h13-17H,2-12H2,1H3. The molecule has 0 bridgehead atoms. The Bertz CT molecular complexity index is 254. The first-order valence-electron chi connectivity index (χ1n) is 8.31. The van der Waals surface area contributed by atoms with Gasteiger partial charge in [-0.15, -0.1) is 0 Å². The van der Waals surface area contributed by atoms with Crippen molar-refractivity contribution in [3.05, 3.63) is 0 Å². The first-order valence-corrected chi connectivity index (χ1v) is 8.31. The zero-order valence-corrected chi connectivity index (χ0v) is 12.0. The molecule has 3 aliphatic rings. The van der Waals surface area contributed by atoms with Crippen LogP contribution in [0.5, 0.6) is 0 Å². The van der Waals surface area contributed by atoms with Crippen LogP contribution in [0.2, 0.25) is 0 Å². The van der Waals surface area contributed by atoms with Gasteiger partial charge in [-0.1, -0.05) is 32.6 Å². The lowest BCUT2D eigenvalue weighted by Gasteiger charge is -2.41. The van der Waals surface area contributed by atoms with Gasteiger partial charge in [-0.05, 0) is 38.0 Å². The van der Waals surface area contributed by atoms with Gasteiger partial charge in [0.25, 0.3) is 0 Å². The summed E-state index contributed by atoms with van der Waals surface area (Å²) in [5.41, 5.74) is 0. The van der Waals surface area contributed by atoms with E-state index >= 15 is 0 Å². The number of piperidine rings is 1. The van der Waals surface area contributed by atoms with E-state index in [0.717, 1.165) is 24.0 Å². The minimum Gasteiger partial charge on any atom is -0.310 e. The molecule has 0 amide bonds. The largest absolute Gasteiger partial charge is 0.310 e. The summed E-state index contributed by atoms with van der Waals surface area (Å²) in [5, 5.41) is 3.96. The van der Waals surface area contributed by atoms with Crippen molar-refractivity contribution in [3.8, 4) is 0 Å². The predicted molar refractivity (Wildman–Crippen MR) is 76.8 cm³/mol. The van der Waals surface area contributed by atoms with Crippen LogP contribution in [0.25, 0.3) is 0 Å². The normalized spacial score (nSPS) is 36.5. The van der Waals surface area contributed by atoms with Crippen molar-refractivity contribution in [1.29, 1.82) is 0 Å². The second kappa shape index (κ2) is 5.92. The highest BCUT2D eigenvalue weighted by Gasteiger charge is 2.31. The average molecular weight is 250 g/mol. The topological polar surface area (TPSA) is 15.3 Å². The number of hydrogen-bond donors (Lipinski definition) is 1. The molecule has 2 unspecified atom stereocenters. The van der Waals surface area contributed by atoms with Crippen molar-refractivity contribution in [2.45, 2.75) is 82.8 Å². The number of likely N-dealkylation sites (tertiary alicyclic amines) is 1. The summed E-state index contributed by atoms with van der Waals surface area (Å²) in [6.07, 6.45) is 13.0. The molecule has 1 N–H and O–H groups in total. The molecule has 2 aliphatic carbocycles. The van der Waals surface area contributed by atoms with E-state index in [1.807, 2.05) is 0 Å². The highest BCUT2D eigenvalue weighted by atomic mass is 15.2. The van der Waals surface area contributed by atoms with Crippen LogP contribution in [-0.4, -0.2) is 36.1 Å². The van der Waals surface area contributed by atoms with Gasteiger partial charge in [-0.2, -0.15) is 0 Å². The Kier molecular flexibility index (Phi) is 4.25. The maximum absolute atomic E-state index is 3.96. The number of rotatable bonds is 3. The minimum atomic E-state index is 0.775. The molecule has 0 spiro atoms. The summed E-state index contributed by atoms with van der Waals surface area (Å²) in [5.74, 6) is 0.887. The summed E-state index contributed by atoms with van der Waals surface area (Å²) in [7, 11) is 0. The highest BCUT2D eigenvalue weighted by Crippen LogP contribution is 2.28. The molecule has 2 saturated carbocycles. The van der Waals surface area contributed by atoms with Crippen LogP contribution in [0.3, 0.4) is 0 Å². The average Bonchev–Trinajstić information content (AvgIpc) is 3.00. The maximum atomic E-state index is 3.96. The van der Waals surface area contributed by atoms with Gasteiger partial charge in [0, 0.05) is 31.2 Å². The van der Waals surface area contributed by atoms with Gasteiger partial charge in [0.2, 0.25) is 0 Å². The molecule has 2 nitrogen and oxygen atoms in total. The van der Waals surface area contributed by atoms with Gasteiger partial charge in [-0.3, -0.25) is 4.90 Å². The first-order chi connectivity index (χ1) is 8.81. The third-order valence-corrected chi connectivity index (χ3v) is 5.36. The molecule has 2 atom stereocenters. The van der Waals surface area contributed by atoms with Crippen molar-refractivity contribution in [2.75, 3.05) is 13.1 Å². The van der Waals surface area contributed by atoms with E-state index in [1.54, 1.807) is 0 Å². The second-order valence-electron chi connectivity index (χ2n) is 7.08.